The normalized spacial score (nSPS) is 16.7. The van der Waals surface area contributed by atoms with Crippen LogP contribution in [0.25, 0.3) is 0 Å². The molecule has 12 heteroatoms. The van der Waals surface area contributed by atoms with E-state index in [1.165, 1.54) is 16.2 Å². The monoisotopic (exact) mass is 805 g/mol. The molecule has 10 nitrogen and oxygen atoms in total. The van der Waals surface area contributed by atoms with E-state index in [2.05, 4.69) is 28.1 Å². The average Bonchev–Trinajstić information content (AvgIpc) is 3.61. The Hall–Kier alpha value is -6.50. The van der Waals surface area contributed by atoms with Crippen molar-refractivity contribution in [1.82, 2.24) is 15.2 Å². The van der Waals surface area contributed by atoms with Crippen molar-refractivity contribution in [2.75, 3.05) is 5.73 Å². The summed E-state index contributed by atoms with van der Waals surface area (Å²) < 4.78 is 6.15. The molecule has 1 fully saturated rings. The molecule has 2 amide bonds. The lowest BCUT2D eigenvalue weighted by Crippen LogP contribution is -2.72. The number of carbonyl (C=O) groups excluding carboxylic acids is 3. The second kappa shape index (κ2) is 16.5. The predicted octanol–water partition coefficient (Wildman–Crippen LogP) is 7.71. The number of aromatic nitrogens is 1. The number of nitrogens with zero attached hydrogens (tertiary/aromatic N) is 3. The summed E-state index contributed by atoms with van der Waals surface area (Å²) in [6.45, 7) is 1.79. The average molecular weight is 806 g/mol. The molecule has 0 radical (unpaired) electrons. The first-order chi connectivity index (χ1) is 28.3. The number of amides is 2. The number of oxime groups is 1. The summed E-state index contributed by atoms with van der Waals surface area (Å²) in [7, 11) is 0. The second-order valence-electron chi connectivity index (χ2n) is 13.9. The molecule has 2 aliphatic rings. The maximum absolute atomic E-state index is 14.5. The summed E-state index contributed by atoms with van der Waals surface area (Å²) in [5.41, 5.74) is 8.85. The van der Waals surface area contributed by atoms with Gasteiger partial charge in [0.15, 0.2) is 16.9 Å². The molecule has 3 N–H and O–H groups in total. The number of aryl methyl sites for hydroxylation is 1. The van der Waals surface area contributed by atoms with Gasteiger partial charge in [0.2, 0.25) is 5.60 Å². The van der Waals surface area contributed by atoms with Crippen molar-refractivity contribution in [3.8, 4) is 0 Å². The summed E-state index contributed by atoms with van der Waals surface area (Å²) in [6, 6.07) is 46.2. The van der Waals surface area contributed by atoms with Gasteiger partial charge in [-0.2, -0.15) is 0 Å². The van der Waals surface area contributed by atoms with Crippen LogP contribution in [0.15, 0.2) is 167 Å². The molecular formula is C46H39N5O5S2. The molecule has 0 aliphatic carbocycles. The molecule has 0 saturated carbocycles. The Bertz CT molecular complexity index is 2360. The van der Waals surface area contributed by atoms with Crippen LogP contribution in [0.2, 0.25) is 0 Å². The fourth-order valence-electron chi connectivity index (χ4n) is 7.61. The number of benzene rings is 5. The van der Waals surface area contributed by atoms with Gasteiger partial charge in [0.1, 0.15) is 17.4 Å². The van der Waals surface area contributed by atoms with Crippen molar-refractivity contribution in [2.45, 2.75) is 43.6 Å². The van der Waals surface area contributed by atoms with Crippen molar-refractivity contribution >= 4 is 52.6 Å². The van der Waals surface area contributed by atoms with Crippen LogP contribution in [0.3, 0.4) is 0 Å². The van der Waals surface area contributed by atoms with Gasteiger partial charge >= 0.3 is 5.97 Å². The van der Waals surface area contributed by atoms with Crippen LogP contribution in [-0.2, 0) is 29.6 Å². The molecule has 5 aromatic carbocycles. The minimum Gasteiger partial charge on any atom is -0.448 e. The molecule has 2 aliphatic heterocycles. The van der Waals surface area contributed by atoms with Crippen molar-refractivity contribution in [2.24, 2.45) is 5.16 Å². The number of β-lactam (4-membered cyclic amide) rings is 1. The quantitative estimate of drug-likeness (QED) is 0.0288. The summed E-state index contributed by atoms with van der Waals surface area (Å²) in [5.74, 6) is -1.85. The van der Waals surface area contributed by atoms with Crippen molar-refractivity contribution in [3.63, 3.8) is 0 Å². The second-order valence-corrected chi connectivity index (χ2v) is 15.7. The van der Waals surface area contributed by atoms with Crippen LogP contribution < -0.4 is 11.1 Å². The molecule has 6 aromatic rings. The standard InChI is InChI=1S/C46H39N5O5S2/c1-29-37(49-45(47)58-29)39(50-56-46(32-21-11-4-12-22-32,33-23-13-5-14-24-33)34-25-15-6-16-26-34)42(52)48-38-35-27-28-36(57)40(51(35)43(38)53)44(54)55-41(30-17-7-2-8-18-30)31-19-9-3-10-20-31/h2-26,35,38,41,57H,27-28H2,1H3,(H2,47,49)(H,48,52)/b50-39-. The SMILES string of the molecule is Cc1sc(N)nc1/C(=N/OC(c1ccccc1)(c1ccccc1)c1ccccc1)C(=O)NC1C(=O)N2C(C(=O)OC(c3ccccc3)c3ccccc3)=C(S)CCC12. The Balaban J connectivity index is 1.11. The topological polar surface area (TPSA) is 136 Å². The molecule has 0 bridgehead atoms. The lowest BCUT2D eigenvalue weighted by atomic mass is 9.80. The van der Waals surface area contributed by atoms with Gasteiger partial charge in [-0.05, 0) is 30.9 Å². The molecule has 290 valence electrons. The van der Waals surface area contributed by atoms with Gasteiger partial charge in [0.25, 0.3) is 11.8 Å². The summed E-state index contributed by atoms with van der Waals surface area (Å²) in [5, 5.41) is 7.78. The third kappa shape index (κ3) is 7.28. The lowest BCUT2D eigenvalue weighted by molar-refractivity contribution is -0.158. The van der Waals surface area contributed by atoms with Crippen molar-refractivity contribution in [3.05, 3.63) is 201 Å². The van der Waals surface area contributed by atoms with E-state index in [4.69, 9.17) is 15.3 Å². The van der Waals surface area contributed by atoms with E-state index >= 15 is 0 Å². The molecule has 3 heterocycles. The predicted molar refractivity (Wildman–Crippen MR) is 227 cm³/mol. The number of hydrogen-bond acceptors (Lipinski definition) is 10. The van der Waals surface area contributed by atoms with Gasteiger partial charge in [0.05, 0.1) is 6.04 Å². The van der Waals surface area contributed by atoms with Crippen LogP contribution in [-0.4, -0.2) is 45.5 Å². The number of allylic oxidation sites excluding steroid dienone is 1. The highest BCUT2D eigenvalue weighted by Crippen LogP contribution is 2.42. The van der Waals surface area contributed by atoms with Gasteiger partial charge in [-0.15, -0.1) is 24.0 Å². The third-order valence-electron chi connectivity index (χ3n) is 10.4. The minimum atomic E-state index is -1.29. The van der Waals surface area contributed by atoms with Gasteiger partial charge in [-0.1, -0.05) is 157 Å². The zero-order valence-electron chi connectivity index (χ0n) is 31.4. The minimum absolute atomic E-state index is 0.0608. The molecule has 2 unspecified atom stereocenters. The highest BCUT2D eigenvalue weighted by Gasteiger charge is 2.54. The Morgan fingerprint density at radius 3 is 1.78 bits per heavy atom. The zero-order valence-corrected chi connectivity index (χ0v) is 33.1. The van der Waals surface area contributed by atoms with Crippen LogP contribution in [0, 0.1) is 6.92 Å². The summed E-state index contributed by atoms with van der Waals surface area (Å²) in [6.07, 6.45) is 0.130. The first-order valence-electron chi connectivity index (χ1n) is 18.8. The van der Waals surface area contributed by atoms with Crippen LogP contribution in [0.4, 0.5) is 5.13 Å². The number of thiazole rings is 1. The van der Waals surface area contributed by atoms with E-state index in [1.54, 1.807) is 6.92 Å². The number of anilines is 1. The number of rotatable bonds is 12. The lowest BCUT2D eigenvalue weighted by Gasteiger charge is -2.50. The van der Waals surface area contributed by atoms with Crippen molar-refractivity contribution in [1.29, 1.82) is 0 Å². The van der Waals surface area contributed by atoms with Crippen LogP contribution >= 0.6 is 24.0 Å². The molecule has 8 rings (SSSR count). The number of nitrogens with two attached hydrogens (primary N) is 1. The first-order valence-corrected chi connectivity index (χ1v) is 20.1. The molecule has 0 spiro atoms. The smallest absolute Gasteiger partial charge is 0.356 e. The Morgan fingerprint density at radius 1 is 0.828 bits per heavy atom. The van der Waals surface area contributed by atoms with E-state index in [1.807, 2.05) is 152 Å². The molecule has 2 atom stereocenters. The van der Waals surface area contributed by atoms with Gasteiger partial charge in [-0.25, -0.2) is 9.78 Å². The highest BCUT2D eigenvalue weighted by atomic mass is 32.1. The number of hydrogen-bond donors (Lipinski definition) is 3. The van der Waals surface area contributed by atoms with E-state index in [-0.39, 0.29) is 22.2 Å². The van der Waals surface area contributed by atoms with Gasteiger partial charge in [-0.3, -0.25) is 14.5 Å². The van der Waals surface area contributed by atoms with E-state index < -0.39 is 41.6 Å². The maximum Gasteiger partial charge on any atom is 0.356 e. The number of carbonyl (C=O) groups is 3. The Labute approximate surface area is 345 Å². The Morgan fingerprint density at radius 2 is 1.31 bits per heavy atom. The highest BCUT2D eigenvalue weighted by molar-refractivity contribution is 7.84. The molecule has 1 aromatic heterocycles. The number of esters is 1. The number of fused-ring (bicyclic) bond motifs is 1. The maximum atomic E-state index is 14.5. The van der Waals surface area contributed by atoms with Gasteiger partial charge in [0, 0.05) is 26.5 Å². The van der Waals surface area contributed by atoms with Crippen molar-refractivity contribution < 1.29 is 24.0 Å². The van der Waals surface area contributed by atoms with E-state index in [0.29, 0.717) is 22.6 Å². The summed E-state index contributed by atoms with van der Waals surface area (Å²) in [4.78, 5) is 56.2. The van der Waals surface area contributed by atoms with E-state index in [0.717, 1.165) is 27.8 Å². The molecule has 1 saturated heterocycles. The number of nitrogen functional groups attached to an aromatic ring is 1. The van der Waals surface area contributed by atoms with Gasteiger partial charge < -0.3 is 20.6 Å². The molecule has 58 heavy (non-hydrogen) atoms. The fraction of sp³-hybridized carbons (Fsp3) is 0.152. The third-order valence-corrected chi connectivity index (χ3v) is 11.6. The zero-order chi connectivity index (χ0) is 40.2. The number of ether oxygens (including phenoxy) is 1. The first kappa shape index (κ1) is 38.4. The van der Waals surface area contributed by atoms with E-state index in [9.17, 15) is 14.4 Å². The van der Waals surface area contributed by atoms with Crippen LogP contribution in [0.5, 0.6) is 0 Å². The fourth-order valence-corrected chi connectivity index (χ4v) is 8.63. The Kier molecular flexibility index (Phi) is 10.9. The number of nitrogens with one attached hydrogen (secondary N) is 1. The molecular weight excluding hydrogens is 767 g/mol. The largest absolute Gasteiger partial charge is 0.448 e. The van der Waals surface area contributed by atoms with Crippen LogP contribution in [0.1, 0.15) is 57.3 Å². The number of thiol groups is 1. The summed E-state index contributed by atoms with van der Waals surface area (Å²) >= 11 is 5.86.